The first-order chi connectivity index (χ1) is 14.5. The van der Waals surface area contributed by atoms with Gasteiger partial charge >= 0.3 is 0 Å². The second-order valence-corrected chi connectivity index (χ2v) is 8.63. The molecule has 1 unspecified atom stereocenters. The van der Waals surface area contributed by atoms with E-state index in [2.05, 4.69) is 36.3 Å². The van der Waals surface area contributed by atoms with Crippen molar-refractivity contribution in [2.24, 2.45) is 5.92 Å². The molecule has 0 aliphatic carbocycles. The smallest absolute Gasteiger partial charge is 0.227 e. The zero-order valence-corrected chi connectivity index (χ0v) is 19.4. The van der Waals surface area contributed by atoms with Gasteiger partial charge in [0.05, 0.1) is 0 Å². The van der Waals surface area contributed by atoms with Crippen molar-refractivity contribution in [3.05, 3.63) is 29.8 Å². The fourth-order valence-electron chi connectivity index (χ4n) is 3.40. The van der Waals surface area contributed by atoms with Crippen LogP contribution in [0.3, 0.4) is 0 Å². The third kappa shape index (κ3) is 7.20. The fraction of sp³-hybridized carbons (Fsp3) is 0.565. The minimum absolute atomic E-state index is 0.0552. The summed E-state index contributed by atoms with van der Waals surface area (Å²) in [4.78, 5) is 27.2. The minimum Gasteiger partial charge on any atom is -0.342 e. The van der Waals surface area contributed by atoms with Gasteiger partial charge in [-0.15, -0.1) is 10.2 Å². The van der Waals surface area contributed by atoms with E-state index in [9.17, 15) is 9.59 Å². The molecule has 2 rings (SSSR count). The lowest BCUT2D eigenvalue weighted by Gasteiger charge is -2.26. The third-order valence-electron chi connectivity index (χ3n) is 5.10. The van der Waals surface area contributed by atoms with Crippen LogP contribution in [0.4, 0.5) is 5.13 Å². The van der Waals surface area contributed by atoms with Crippen LogP contribution in [0.15, 0.2) is 24.3 Å². The van der Waals surface area contributed by atoms with Crippen molar-refractivity contribution in [3.8, 4) is 10.6 Å². The Morgan fingerprint density at radius 3 is 2.60 bits per heavy atom. The van der Waals surface area contributed by atoms with Gasteiger partial charge in [-0.3, -0.25) is 9.59 Å². The Morgan fingerprint density at radius 1 is 1.13 bits per heavy atom. The fourth-order valence-corrected chi connectivity index (χ4v) is 4.16. The highest BCUT2D eigenvalue weighted by Gasteiger charge is 2.22. The lowest BCUT2D eigenvalue weighted by Crippen LogP contribution is -2.38. The third-order valence-corrected chi connectivity index (χ3v) is 5.99. The molecule has 0 radical (unpaired) electrons. The van der Waals surface area contributed by atoms with Crippen LogP contribution in [0.25, 0.3) is 10.6 Å². The maximum absolute atomic E-state index is 12.9. The Kier molecular flexibility index (Phi) is 9.94. The molecule has 0 bridgehead atoms. The molecule has 164 valence electrons. The molecule has 2 aromatic rings. The lowest BCUT2D eigenvalue weighted by molar-refractivity contribution is -0.136. The Labute approximate surface area is 184 Å². The van der Waals surface area contributed by atoms with Gasteiger partial charge in [-0.1, -0.05) is 68.7 Å². The number of hydrogen-bond donors (Lipinski definition) is 1. The summed E-state index contributed by atoms with van der Waals surface area (Å²) in [6.07, 6.45) is 5.06. The molecule has 0 aliphatic heterocycles. The summed E-state index contributed by atoms with van der Waals surface area (Å²) in [6, 6.07) is 8.04. The van der Waals surface area contributed by atoms with E-state index in [0.717, 1.165) is 48.2 Å². The number of unbranched alkanes of at least 4 members (excludes halogenated alkanes) is 1. The summed E-state index contributed by atoms with van der Waals surface area (Å²) in [6.45, 7) is 9.42. The summed E-state index contributed by atoms with van der Waals surface area (Å²) in [5, 5.41) is 12.4. The van der Waals surface area contributed by atoms with Crippen LogP contribution in [-0.2, 0) is 9.59 Å². The maximum Gasteiger partial charge on any atom is 0.227 e. The SMILES string of the molecule is CCCCC(CC)C(=O)N(CCC)CCC(=O)Nc1nnc(-c2cccc(C)c2)s1. The predicted molar refractivity (Wildman–Crippen MR) is 124 cm³/mol. The van der Waals surface area contributed by atoms with Gasteiger partial charge in [-0.2, -0.15) is 0 Å². The topological polar surface area (TPSA) is 75.2 Å². The number of nitrogens with one attached hydrogen (secondary N) is 1. The van der Waals surface area contributed by atoms with Gasteiger partial charge in [-0.05, 0) is 32.3 Å². The summed E-state index contributed by atoms with van der Waals surface area (Å²) in [5.41, 5.74) is 2.14. The molecule has 1 aromatic carbocycles. The Bertz CT molecular complexity index is 821. The summed E-state index contributed by atoms with van der Waals surface area (Å²) >= 11 is 1.36. The molecule has 0 fully saturated rings. The maximum atomic E-state index is 12.9. The molecule has 0 spiro atoms. The first kappa shape index (κ1) is 24.0. The Morgan fingerprint density at radius 2 is 1.93 bits per heavy atom. The molecule has 0 saturated carbocycles. The molecule has 1 atom stereocenters. The zero-order chi connectivity index (χ0) is 21.9. The van der Waals surface area contributed by atoms with Crippen molar-refractivity contribution in [2.45, 2.75) is 66.2 Å². The van der Waals surface area contributed by atoms with Gasteiger partial charge in [0.25, 0.3) is 0 Å². The average Bonchev–Trinajstić information content (AvgIpc) is 3.20. The van der Waals surface area contributed by atoms with E-state index in [0.29, 0.717) is 18.2 Å². The van der Waals surface area contributed by atoms with Crippen LogP contribution < -0.4 is 5.32 Å². The highest BCUT2D eigenvalue weighted by Crippen LogP contribution is 2.27. The van der Waals surface area contributed by atoms with Gasteiger partial charge in [0, 0.05) is 31.0 Å². The van der Waals surface area contributed by atoms with Crippen molar-refractivity contribution >= 4 is 28.3 Å². The summed E-state index contributed by atoms with van der Waals surface area (Å²) in [5.74, 6) is 0.0929. The van der Waals surface area contributed by atoms with E-state index >= 15 is 0 Å². The molecule has 2 amide bonds. The average molecular weight is 431 g/mol. The van der Waals surface area contributed by atoms with E-state index in [1.807, 2.05) is 36.1 Å². The monoisotopic (exact) mass is 430 g/mol. The molecule has 0 saturated heterocycles. The second kappa shape index (κ2) is 12.4. The second-order valence-electron chi connectivity index (χ2n) is 7.65. The summed E-state index contributed by atoms with van der Waals surface area (Å²) < 4.78 is 0. The number of carbonyl (C=O) groups is 2. The molecule has 6 nitrogen and oxygen atoms in total. The Balaban J connectivity index is 1.92. The van der Waals surface area contributed by atoms with Crippen LogP contribution in [0.2, 0.25) is 0 Å². The molecular weight excluding hydrogens is 396 g/mol. The highest BCUT2D eigenvalue weighted by atomic mass is 32.1. The van der Waals surface area contributed by atoms with Crippen molar-refractivity contribution in [3.63, 3.8) is 0 Å². The minimum atomic E-state index is -0.141. The van der Waals surface area contributed by atoms with Gasteiger partial charge in [-0.25, -0.2) is 0 Å². The standard InChI is InChI=1S/C23H34N4O2S/c1-5-8-11-18(7-3)22(29)27(14-6-2)15-13-20(28)24-23-26-25-21(30-23)19-12-9-10-17(4)16-19/h9-10,12,16,18H,5-8,11,13-15H2,1-4H3,(H,24,26,28). The van der Waals surface area contributed by atoms with Gasteiger partial charge < -0.3 is 10.2 Å². The van der Waals surface area contributed by atoms with Crippen molar-refractivity contribution in [1.29, 1.82) is 0 Å². The molecule has 30 heavy (non-hydrogen) atoms. The quantitative estimate of drug-likeness (QED) is 0.496. The van der Waals surface area contributed by atoms with Crippen LogP contribution in [0, 0.1) is 12.8 Å². The van der Waals surface area contributed by atoms with E-state index < -0.39 is 0 Å². The molecule has 1 heterocycles. The molecule has 7 heteroatoms. The number of aromatic nitrogens is 2. The number of carbonyl (C=O) groups excluding carboxylic acids is 2. The van der Waals surface area contributed by atoms with Gasteiger partial charge in [0.1, 0.15) is 5.01 Å². The van der Waals surface area contributed by atoms with Crippen LogP contribution in [0.5, 0.6) is 0 Å². The number of nitrogens with zero attached hydrogens (tertiary/aromatic N) is 3. The van der Waals surface area contributed by atoms with Gasteiger partial charge in [0.15, 0.2) is 0 Å². The normalized spacial score (nSPS) is 11.9. The number of amides is 2. The highest BCUT2D eigenvalue weighted by molar-refractivity contribution is 7.18. The van der Waals surface area contributed by atoms with E-state index in [4.69, 9.17) is 0 Å². The van der Waals surface area contributed by atoms with E-state index in [1.165, 1.54) is 11.3 Å². The van der Waals surface area contributed by atoms with Crippen LogP contribution in [0.1, 0.15) is 64.9 Å². The van der Waals surface area contributed by atoms with Crippen molar-refractivity contribution < 1.29 is 9.59 Å². The van der Waals surface area contributed by atoms with E-state index in [-0.39, 0.29) is 24.2 Å². The largest absolute Gasteiger partial charge is 0.342 e. The summed E-state index contributed by atoms with van der Waals surface area (Å²) in [7, 11) is 0. The molecule has 1 N–H and O–H groups in total. The number of hydrogen-bond acceptors (Lipinski definition) is 5. The predicted octanol–water partition coefficient (Wildman–Crippen LogP) is 5.30. The first-order valence-electron chi connectivity index (χ1n) is 11.0. The van der Waals surface area contributed by atoms with Crippen LogP contribution >= 0.6 is 11.3 Å². The molecule has 0 aliphatic rings. The van der Waals surface area contributed by atoms with E-state index in [1.54, 1.807) is 0 Å². The van der Waals surface area contributed by atoms with Crippen LogP contribution in [-0.4, -0.2) is 40.0 Å². The number of anilines is 1. The molecular formula is C23H34N4O2S. The molecule has 1 aromatic heterocycles. The first-order valence-corrected chi connectivity index (χ1v) is 11.8. The number of rotatable bonds is 12. The zero-order valence-electron chi connectivity index (χ0n) is 18.6. The number of aryl methyl sites for hydroxylation is 1. The van der Waals surface area contributed by atoms with Gasteiger partial charge in [0.2, 0.25) is 16.9 Å². The van der Waals surface area contributed by atoms with Crippen molar-refractivity contribution in [2.75, 3.05) is 18.4 Å². The van der Waals surface area contributed by atoms with Crippen molar-refractivity contribution in [1.82, 2.24) is 15.1 Å². The lowest BCUT2D eigenvalue weighted by atomic mass is 9.97. The number of benzene rings is 1. The Hall–Kier alpha value is -2.28.